The van der Waals surface area contributed by atoms with Gasteiger partial charge in [-0.1, -0.05) is 29.8 Å². The fourth-order valence-electron chi connectivity index (χ4n) is 1.91. The zero-order chi connectivity index (χ0) is 14.5. The van der Waals surface area contributed by atoms with Crippen LogP contribution >= 0.6 is 11.8 Å². The standard InChI is InChI=1S/C15H15NO3S/c1-11-3-2-4-12(7-11)10-20-15-6-5-14(16(18)19)8-13(15)9-17/h2-8,17H,9-10H2,1H3. The predicted octanol–water partition coefficient (Wildman–Crippen LogP) is 3.69. The van der Waals surface area contributed by atoms with E-state index < -0.39 is 4.92 Å². The van der Waals surface area contributed by atoms with Crippen molar-refractivity contribution in [1.29, 1.82) is 0 Å². The highest BCUT2D eigenvalue weighted by molar-refractivity contribution is 7.98. The molecule has 0 aliphatic carbocycles. The van der Waals surface area contributed by atoms with E-state index in [0.29, 0.717) is 5.56 Å². The summed E-state index contributed by atoms with van der Waals surface area (Å²) >= 11 is 1.57. The molecular weight excluding hydrogens is 274 g/mol. The fourth-order valence-corrected chi connectivity index (χ4v) is 2.88. The number of aryl methyl sites for hydroxylation is 1. The van der Waals surface area contributed by atoms with Gasteiger partial charge in [-0.15, -0.1) is 11.8 Å². The molecule has 0 bridgehead atoms. The number of nitrogens with zero attached hydrogens (tertiary/aromatic N) is 1. The number of benzene rings is 2. The second-order valence-electron chi connectivity index (χ2n) is 4.48. The number of nitro benzene ring substituents is 1. The number of aliphatic hydroxyl groups excluding tert-OH is 1. The number of thioether (sulfide) groups is 1. The molecule has 104 valence electrons. The van der Waals surface area contributed by atoms with Crippen LogP contribution in [-0.2, 0) is 12.4 Å². The molecule has 0 saturated heterocycles. The molecule has 0 aliphatic heterocycles. The van der Waals surface area contributed by atoms with Gasteiger partial charge in [-0.2, -0.15) is 0 Å². The molecule has 0 saturated carbocycles. The predicted molar refractivity (Wildman–Crippen MR) is 79.8 cm³/mol. The fraction of sp³-hybridized carbons (Fsp3) is 0.200. The Labute approximate surface area is 121 Å². The van der Waals surface area contributed by atoms with Gasteiger partial charge in [-0.3, -0.25) is 10.1 Å². The van der Waals surface area contributed by atoms with Gasteiger partial charge in [-0.25, -0.2) is 0 Å². The molecular formula is C15H15NO3S. The highest BCUT2D eigenvalue weighted by Crippen LogP contribution is 2.29. The van der Waals surface area contributed by atoms with E-state index in [2.05, 4.69) is 6.07 Å². The van der Waals surface area contributed by atoms with Crippen molar-refractivity contribution in [1.82, 2.24) is 0 Å². The first kappa shape index (κ1) is 14.6. The summed E-state index contributed by atoms with van der Waals surface area (Å²) in [4.78, 5) is 11.1. The first-order valence-electron chi connectivity index (χ1n) is 6.16. The summed E-state index contributed by atoms with van der Waals surface area (Å²) in [6.07, 6.45) is 0. The Morgan fingerprint density at radius 3 is 2.70 bits per heavy atom. The molecule has 0 unspecified atom stereocenters. The van der Waals surface area contributed by atoms with Gasteiger partial charge in [0.25, 0.3) is 5.69 Å². The van der Waals surface area contributed by atoms with Crippen molar-refractivity contribution in [3.8, 4) is 0 Å². The molecule has 2 aromatic rings. The first-order valence-corrected chi connectivity index (χ1v) is 7.15. The van der Waals surface area contributed by atoms with Crippen molar-refractivity contribution < 1.29 is 10.0 Å². The lowest BCUT2D eigenvalue weighted by molar-refractivity contribution is -0.385. The van der Waals surface area contributed by atoms with Crippen LogP contribution in [0.5, 0.6) is 0 Å². The quantitative estimate of drug-likeness (QED) is 0.518. The summed E-state index contributed by atoms with van der Waals surface area (Å²) in [5.41, 5.74) is 3.00. The van der Waals surface area contributed by atoms with E-state index in [1.165, 1.54) is 23.3 Å². The molecule has 2 rings (SSSR count). The molecule has 5 heteroatoms. The average molecular weight is 289 g/mol. The van der Waals surface area contributed by atoms with Crippen molar-refractivity contribution in [3.63, 3.8) is 0 Å². The Kier molecular flexibility index (Phi) is 4.76. The van der Waals surface area contributed by atoms with Crippen molar-refractivity contribution in [2.45, 2.75) is 24.2 Å². The second kappa shape index (κ2) is 6.54. The minimum Gasteiger partial charge on any atom is -0.392 e. The average Bonchev–Trinajstić information content (AvgIpc) is 2.45. The third-order valence-corrected chi connectivity index (χ3v) is 4.09. The van der Waals surface area contributed by atoms with Gasteiger partial charge >= 0.3 is 0 Å². The molecule has 0 atom stereocenters. The molecule has 0 amide bonds. The van der Waals surface area contributed by atoms with Crippen molar-refractivity contribution >= 4 is 17.4 Å². The van der Waals surface area contributed by atoms with Gasteiger partial charge in [0.1, 0.15) is 0 Å². The second-order valence-corrected chi connectivity index (χ2v) is 5.50. The molecule has 20 heavy (non-hydrogen) atoms. The van der Waals surface area contributed by atoms with E-state index in [9.17, 15) is 15.2 Å². The maximum Gasteiger partial charge on any atom is 0.269 e. The molecule has 0 fully saturated rings. The van der Waals surface area contributed by atoms with Crippen LogP contribution < -0.4 is 0 Å². The van der Waals surface area contributed by atoms with E-state index in [4.69, 9.17) is 0 Å². The molecule has 0 heterocycles. The maximum absolute atomic E-state index is 10.7. The Bertz CT molecular complexity index is 628. The van der Waals surface area contributed by atoms with E-state index in [1.54, 1.807) is 17.8 Å². The summed E-state index contributed by atoms with van der Waals surface area (Å²) in [7, 11) is 0. The van der Waals surface area contributed by atoms with Crippen molar-refractivity contribution in [2.75, 3.05) is 0 Å². The number of hydrogen-bond donors (Lipinski definition) is 1. The highest BCUT2D eigenvalue weighted by atomic mass is 32.2. The van der Waals surface area contributed by atoms with Gasteiger partial charge in [0, 0.05) is 22.8 Å². The number of nitro groups is 1. The Hall–Kier alpha value is -1.85. The van der Waals surface area contributed by atoms with Crippen molar-refractivity contribution in [2.24, 2.45) is 0 Å². The van der Waals surface area contributed by atoms with Gasteiger partial charge < -0.3 is 5.11 Å². The Balaban J connectivity index is 2.15. The Morgan fingerprint density at radius 2 is 2.05 bits per heavy atom. The number of aliphatic hydroxyl groups is 1. The van der Waals surface area contributed by atoms with E-state index in [1.807, 2.05) is 25.1 Å². The van der Waals surface area contributed by atoms with Crippen molar-refractivity contribution in [3.05, 3.63) is 69.3 Å². The molecule has 0 aliphatic rings. The van der Waals surface area contributed by atoms with E-state index in [-0.39, 0.29) is 12.3 Å². The zero-order valence-corrected chi connectivity index (χ0v) is 11.9. The van der Waals surface area contributed by atoms with Gasteiger partial charge in [-0.05, 0) is 24.1 Å². The van der Waals surface area contributed by atoms with E-state index in [0.717, 1.165) is 10.6 Å². The molecule has 0 aromatic heterocycles. The van der Waals surface area contributed by atoms with Crippen LogP contribution in [0.2, 0.25) is 0 Å². The molecule has 0 radical (unpaired) electrons. The topological polar surface area (TPSA) is 63.4 Å². The monoisotopic (exact) mass is 289 g/mol. The maximum atomic E-state index is 10.7. The minimum atomic E-state index is -0.450. The number of rotatable bonds is 5. The van der Waals surface area contributed by atoms with Gasteiger partial charge in [0.15, 0.2) is 0 Å². The highest BCUT2D eigenvalue weighted by Gasteiger charge is 2.10. The summed E-state index contributed by atoms with van der Waals surface area (Å²) in [6.45, 7) is 1.84. The van der Waals surface area contributed by atoms with Crippen LogP contribution in [0, 0.1) is 17.0 Å². The lowest BCUT2D eigenvalue weighted by atomic mass is 10.2. The normalized spacial score (nSPS) is 10.5. The smallest absolute Gasteiger partial charge is 0.269 e. The van der Waals surface area contributed by atoms with E-state index >= 15 is 0 Å². The molecule has 1 N–H and O–H groups in total. The third-order valence-electron chi connectivity index (χ3n) is 2.90. The zero-order valence-electron chi connectivity index (χ0n) is 11.1. The van der Waals surface area contributed by atoms with Crippen LogP contribution in [0.25, 0.3) is 0 Å². The minimum absolute atomic E-state index is 0.00829. The van der Waals surface area contributed by atoms with Crippen LogP contribution in [0.1, 0.15) is 16.7 Å². The lowest BCUT2D eigenvalue weighted by Gasteiger charge is -2.07. The summed E-state index contributed by atoms with van der Waals surface area (Å²) < 4.78 is 0. The molecule has 4 nitrogen and oxygen atoms in total. The lowest BCUT2D eigenvalue weighted by Crippen LogP contribution is -1.93. The van der Waals surface area contributed by atoms with Crippen LogP contribution in [0.4, 0.5) is 5.69 Å². The molecule has 0 spiro atoms. The largest absolute Gasteiger partial charge is 0.392 e. The SMILES string of the molecule is Cc1cccc(CSc2ccc([N+](=O)[O-])cc2CO)c1. The summed E-state index contributed by atoms with van der Waals surface area (Å²) in [5, 5.41) is 20.0. The van der Waals surface area contributed by atoms with Crippen LogP contribution in [0.15, 0.2) is 47.4 Å². The van der Waals surface area contributed by atoms with Crippen LogP contribution in [-0.4, -0.2) is 10.0 Å². The first-order chi connectivity index (χ1) is 9.60. The summed E-state index contributed by atoms with van der Waals surface area (Å²) in [6, 6.07) is 12.8. The van der Waals surface area contributed by atoms with Gasteiger partial charge in [0.05, 0.1) is 11.5 Å². The molecule has 2 aromatic carbocycles. The summed E-state index contributed by atoms with van der Waals surface area (Å²) in [5.74, 6) is 0.770. The van der Waals surface area contributed by atoms with Gasteiger partial charge in [0.2, 0.25) is 0 Å². The Morgan fingerprint density at radius 1 is 1.25 bits per heavy atom. The number of hydrogen-bond acceptors (Lipinski definition) is 4. The van der Waals surface area contributed by atoms with Crippen LogP contribution in [0.3, 0.4) is 0 Å². The number of non-ortho nitro benzene ring substituents is 1. The third kappa shape index (κ3) is 3.59.